The van der Waals surface area contributed by atoms with Gasteiger partial charge in [0.1, 0.15) is 5.69 Å². The van der Waals surface area contributed by atoms with Crippen LogP contribution in [0.5, 0.6) is 0 Å². The van der Waals surface area contributed by atoms with Crippen LogP contribution in [-0.2, 0) is 7.05 Å². The van der Waals surface area contributed by atoms with Crippen molar-refractivity contribution in [3.8, 4) is 11.4 Å². The summed E-state index contributed by atoms with van der Waals surface area (Å²) in [7, 11) is 1.79. The molecule has 2 aromatic rings. The Morgan fingerprint density at radius 1 is 1.33 bits per heavy atom. The van der Waals surface area contributed by atoms with E-state index in [4.69, 9.17) is 0 Å². The summed E-state index contributed by atoms with van der Waals surface area (Å²) in [6, 6.07) is 3.50. The molecule has 0 amide bonds. The van der Waals surface area contributed by atoms with Gasteiger partial charge in [0.2, 0.25) is 0 Å². The highest BCUT2D eigenvalue weighted by atomic mass is 16.1. The van der Waals surface area contributed by atoms with Gasteiger partial charge in [-0.15, -0.1) is 5.10 Å². The highest BCUT2D eigenvalue weighted by Gasteiger charge is 2.05. The summed E-state index contributed by atoms with van der Waals surface area (Å²) < 4.78 is 1.61. The van der Waals surface area contributed by atoms with E-state index in [9.17, 15) is 4.79 Å². The highest BCUT2D eigenvalue weighted by molar-refractivity contribution is 5.93. The minimum absolute atomic E-state index is 0.00759. The smallest absolute Gasteiger partial charge is 0.161 e. The number of Topliss-reactive ketones (excluding diaryl/α,β-unsaturated/α-hetero) is 1. The lowest BCUT2D eigenvalue weighted by Gasteiger charge is -1.96. The summed E-state index contributed by atoms with van der Waals surface area (Å²) in [5.41, 5.74) is 2.02. The molecule has 5 heteroatoms. The molecule has 0 aliphatic heterocycles. The standard InChI is InChI=1S/C10H10N4O/c1-7(15)8-3-4-9(11-5-8)10-6-14(2)13-12-10/h3-6H,1-2H3. The van der Waals surface area contributed by atoms with Gasteiger partial charge in [0.05, 0.1) is 11.9 Å². The number of nitrogens with zero attached hydrogens (tertiary/aromatic N) is 4. The second-order valence-electron chi connectivity index (χ2n) is 3.27. The minimum Gasteiger partial charge on any atom is -0.294 e. The number of ketones is 1. The van der Waals surface area contributed by atoms with E-state index in [1.165, 1.54) is 6.92 Å². The molecule has 15 heavy (non-hydrogen) atoms. The molecular formula is C10H10N4O. The number of hydrogen-bond donors (Lipinski definition) is 0. The van der Waals surface area contributed by atoms with Crippen LogP contribution in [0.3, 0.4) is 0 Å². The Labute approximate surface area is 86.8 Å². The molecule has 0 fully saturated rings. The first-order valence-corrected chi connectivity index (χ1v) is 4.50. The van der Waals surface area contributed by atoms with Crippen LogP contribution in [0, 0.1) is 0 Å². The van der Waals surface area contributed by atoms with Crippen molar-refractivity contribution in [3.63, 3.8) is 0 Å². The van der Waals surface area contributed by atoms with Gasteiger partial charge in [0.25, 0.3) is 0 Å². The molecule has 0 atom stereocenters. The molecular weight excluding hydrogens is 192 g/mol. The van der Waals surface area contributed by atoms with Crippen LogP contribution in [0.2, 0.25) is 0 Å². The van der Waals surface area contributed by atoms with Crippen LogP contribution >= 0.6 is 0 Å². The largest absolute Gasteiger partial charge is 0.294 e. The number of hydrogen-bond acceptors (Lipinski definition) is 4. The van der Waals surface area contributed by atoms with Gasteiger partial charge in [-0.25, -0.2) is 0 Å². The van der Waals surface area contributed by atoms with Crippen molar-refractivity contribution in [2.24, 2.45) is 7.05 Å². The maximum Gasteiger partial charge on any atom is 0.161 e. The topological polar surface area (TPSA) is 60.7 Å². The quantitative estimate of drug-likeness (QED) is 0.683. The Bertz CT molecular complexity index is 486. The van der Waals surface area contributed by atoms with Gasteiger partial charge in [-0.3, -0.25) is 14.5 Å². The highest BCUT2D eigenvalue weighted by Crippen LogP contribution is 2.12. The normalized spacial score (nSPS) is 10.3. The van der Waals surface area contributed by atoms with Crippen LogP contribution in [0.1, 0.15) is 17.3 Å². The Hall–Kier alpha value is -2.04. The van der Waals surface area contributed by atoms with E-state index < -0.39 is 0 Å². The third-order valence-corrected chi connectivity index (χ3v) is 2.04. The molecule has 2 rings (SSSR count). The summed E-state index contributed by atoms with van der Waals surface area (Å²) in [6.45, 7) is 1.51. The van der Waals surface area contributed by atoms with Gasteiger partial charge in [0, 0.05) is 18.8 Å². The molecule has 0 saturated heterocycles. The molecule has 0 aliphatic carbocycles. The minimum atomic E-state index is 0.00759. The van der Waals surface area contributed by atoms with Gasteiger partial charge < -0.3 is 0 Å². The number of carbonyl (C=O) groups excluding carboxylic acids is 1. The van der Waals surface area contributed by atoms with Crippen LogP contribution in [0.25, 0.3) is 11.4 Å². The van der Waals surface area contributed by atoms with Crippen LogP contribution < -0.4 is 0 Å². The predicted octanol–water partition coefficient (Wildman–Crippen LogP) is 1.08. The van der Waals surface area contributed by atoms with E-state index in [1.54, 1.807) is 36.3 Å². The fourth-order valence-electron chi connectivity index (χ4n) is 1.22. The van der Waals surface area contributed by atoms with Crippen molar-refractivity contribution in [2.45, 2.75) is 6.92 Å². The maximum atomic E-state index is 11.0. The number of pyridine rings is 1. The zero-order valence-corrected chi connectivity index (χ0v) is 8.51. The van der Waals surface area contributed by atoms with Gasteiger partial charge in [-0.2, -0.15) is 0 Å². The molecule has 0 N–H and O–H groups in total. The Kier molecular flexibility index (Phi) is 2.29. The van der Waals surface area contributed by atoms with Crippen molar-refractivity contribution < 1.29 is 4.79 Å². The summed E-state index contributed by atoms with van der Waals surface area (Å²) in [6.07, 6.45) is 3.32. The first-order chi connectivity index (χ1) is 7.16. The lowest BCUT2D eigenvalue weighted by Crippen LogP contribution is -1.93. The van der Waals surface area contributed by atoms with E-state index >= 15 is 0 Å². The van der Waals surface area contributed by atoms with Crippen molar-refractivity contribution >= 4 is 5.78 Å². The third kappa shape index (κ3) is 1.90. The molecule has 0 unspecified atom stereocenters. The lowest BCUT2D eigenvalue weighted by atomic mass is 10.2. The molecule has 2 heterocycles. The molecule has 76 valence electrons. The number of aromatic nitrogens is 4. The first-order valence-electron chi connectivity index (χ1n) is 4.50. The molecule has 2 aromatic heterocycles. The van der Waals surface area contributed by atoms with Crippen molar-refractivity contribution in [2.75, 3.05) is 0 Å². The SMILES string of the molecule is CC(=O)c1ccc(-c2cn(C)nn2)nc1. The number of aryl methyl sites for hydroxylation is 1. The molecule has 0 bridgehead atoms. The second kappa shape index (κ2) is 3.61. The molecule has 5 nitrogen and oxygen atoms in total. The molecule has 0 spiro atoms. The Balaban J connectivity index is 2.35. The Morgan fingerprint density at radius 2 is 2.13 bits per heavy atom. The van der Waals surface area contributed by atoms with E-state index in [1.807, 2.05) is 0 Å². The number of rotatable bonds is 2. The molecule has 0 aromatic carbocycles. The van der Waals surface area contributed by atoms with E-state index in [2.05, 4.69) is 15.3 Å². The first kappa shape index (κ1) is 9.51. The summed E-state index contributed by atoms with van der Waals surface area (Å²) >= 11 is 0. The van der Waals surface area contributed by atoms with Crippen molar-refractivity contribution in [1.29, 1.82) is 0 Å². The van der Waals surface area contributed by atoms with Crippen LogP contribution in [0.15, 0.2) is 24.5 Å². The number of carbonyl (C=O) groups is 1. The lowest BCUT2D eigenvalue weighted by molar-refractivity contribution is 0.101. The summed E-state index contributed by atoms with van der Waals surface area (Å²) in [5.74, 6) is 0.00759. The van der Waals surface area contributed by atoms with Gasteiger partial charge in [0.15, 0.2) is 5.78 Å². The van der Waals surface area contributed by atoms with Crippen LogP contribution in [-0.4, -0.2) is 25.8 Å². The third-order valence-electron chi connectivity index (χ3n) is 2.04. The fraction of sp³-hybridized carbons (Fsp3) is 0.200. The van der Waals surface area contributed by atoms with Gasteiger partial charge >= 0.3 is 0 Å². The van der Waals surface area contributed by atoms with Crippen LogP contribution in [0.4, 0.5) is 0 Å². The molecule has 0 radical (unpaired) electrons. The maximum absolute atomic E-state index is 11.0. The monoisotopic (exact) mass is 202 g/mol. The van der Waals surface area contributed by atoms with Gasteiger partial charge in [-0.1, -0.05) is 5.21 Å². The van der Waals surface area contributed by atoms with E-state index in [0.29, 0.717) is 17.0 Å². The predicted molar refractivity (Wildman–Crippen MR) is 54.2 cm³/mol. The van der Waals surface area contributed by atoms with Crippen molar-refractivity contribution in [1.82, 2.24) is 20.0 Å². The van der Waals surface area contributed by atoms with Crippen molar-refractivity contribution in [3.05, 3.63) is 30.1 Å². The zero-order valence-electron chi connectivity index (χ0n) is 8.51. The molecule has 0 saturated carbocycles. The van der Waals surface area contributed by atoms with E-state index in [-0.39, 0.29) is 5.78 Å². The van der Waals surface area contributed by atoms with Gasteiger partial charge in [-0.05, 0) is 19.1 Å². The fourth-order valence-corrected chi connectivity index (χ4v) is 1.22. The summed E-state index contributed by atoms with van der Waals surface area (Å²) in [5, 5.41) is 7.74. The zero-order chi connectivity index (χ0) is 10.8. The second-order valence-corrected chi connectivity index (χ2v) is 3.27. The average Bonchev–Trinajstić information content (AvgIpc) is 2.65. The average molecular weight is 202 g/mol. The Morgan fingerprint density at radius 3 is 2.60 bits per heavy atom. The van der Waals surface area contributed by atoms with E-state index in [0.717, 1.165) is 0 Å². The molecule has 0 aliphatic rings. The summed E-state index contributed by atoms with van der Waals surface area (Å²) in [4.78, 5) is 15.2.